The number of nitrogens with one attached hydrogen (secondary N) is 2. The number of nitrogens with zero attached hydrogens (tertiary/aromatic N) is 1. The molecule has 0 aliphatic rings. The lowest BCUT2D eigenvalue weighted by Gasteiger charge is -2.22. The SMILES string of the molecule is COc1ccc(NS(=O)(=O)c2ccc(NC(=O)CCCN(c3cccc(Cl)c3)S(C)(=O)=O)cc2)cc1. The van der Waals surface area contributed by atoms with E-state index in [1.165, 1.54) is 35.7 Å². The van der Waals surface area contributed by atoms with Gasteiger partial charge in [-0.3, -0.25) is 13.8 Å². The van der Waals surface area contributed by atoms with Crippen LogP contribution >= 0.6 is 11.6 Å². The molecule has 3 aromatic rings. The Kier molecular flexibility index (Phi) is 8.83. The first kappa shape index (κ1) is 27.3. The molecular weight excluding hydrogens is 526 g/mol. The van der Waals surface area contributed by atoms with Crippen molar-refractivity contribution < 1.29 is 26.4 Å². The highest BCUT2D eigenvalue weighted by Crippen LogP contribution is 2.23. The van der Waals surface area contributed by atoms with Gasteiger partial charge in [0.05, 0.1) is 23.9 Å². The first-order chi connectivity index (χ1) is 17.0. The maximum Gasteiger partial charge on any atom is 0.261 e. The molecule has 0 aliphatic carbocycles. The molecule has 0 spiro atoms. The number of anilines is 3. The molecule has 0 saturated carbocycles. The van der Waals surface area contributed by atoms with Gasteiger partial charge in [-0.2, -0.15) is 0 Å². The lowest BCUT2D eigenvalue weighted by molar-refractivity contribution is -0.116. The number of hydrogen-bond acceptors (Lipinski definition) is 6. The van der Waals surface area contributed by atoms with Gasteiger partial charge < -0.3 is 10.1 Å². The number of sulfonamides is 2. The zero-order valence-corrected chi connectivity index (χ0v) is 22.0. The standard InChI is InChI=1S/C24H26ClN3O6S2/c1-34-22-12-8-20(9-13-22)27-36(32,33)23-14-10-19(11-15-23)26-24(29)7-4-16-28(35(2,30)31)21-6-3-5-18(25)17-21/h3,5-6,8-15,17,27H,4,7,16H2,1-2H3,(H,26,29). The predicted molar refractivity (Wildman–Crippen MR) is 142 cm³/mol. The van der Waals surface area contributed by atoms with Crippen LogP contribution in [0.4, 0.5) is 17.1 Å². The molecule has 0 aliphatic heterocycles. The van der Waals surface area contributed by atoms with Crippen LogP contribution in [-0.2, 0) is 24.8 Å². The van der Waals surface area contributed by atoms with E-state index in [0.29, 0.717) is 27.8 Å². The Balaban J connectivity index is 1.56. The zero-order chi connectivity index (χ0) is 26.3. The maximum atomic E-state index is 12.6. The number of hydrogen-bond donors (Lipinski definition) is 2. The maximum absolute atomic E-state index is 12.6. The molecule has 3 rings (SSSR count). The van der Waals surface area contributed by atoms with Crippen LogP contribution in [0.5, 0.6) is 5.75 Å². The van der Waals surface area contributed by atoms with Crippen LogP contribution in [0.15, 0.2) is 77.7 Å². The van der Waals surface area contributed by atoms with Gasteiger partial charge in [0, 0.05) is 29.4 Å². The number of carbonyl (C=O) groups excluding carboxylic acids is 1. The summed E-state index contributed by atoms with van der Waals surface area (Å²) in [6.45, 7) is 0.0980. The molecule has 3 aromatic carbocycles. The van der Waals surface area contributed by atoms with Crippen LogP contribution in [0.1, 0.15) is 12.8 Å². The minimum absolute atomic E-state index is 0.0293. The van der Waals surface area contributed by atoms with Crippen LogP contribution in [0.2, 0.25) is 5.02 Å². The predicted octanol–water partition coefficient (Wildman–Crippen LogP) is 4.33. The highest BCUT2D eigenvalue weighted by Gasteiger charge is 2.18. The molecule has 2 N–H and O–H groups in total. The third-order valence-corrected chi connectivity index (χ3v) is 7.88. The number of carbonyl (C=O) groups is 1. The summed E-state index contributed by atoms with van der Waals surface area (Å²) in [4.78, 5) is 12.4. The van der Waals surface area contributed by atoms with Crippen molar-refractivity contribution in [2.75, 3.05) is 34.3 Å². The van der Waals surface area contributed by atoms with Gasteiger partial charge in [0.1, 0.15) is 5.75 Å². The van der Waals surface area contributed by atoms with Crippen molar-refractivity contribution in [3.8, 4) is 5.75 Å². The molecule has 1 amide bonds. The Morgan fingerprint density at radius 2 is 1.58 bits per heavy atom. The van der Waals surface area contributed by atoms with E-state index in [4.69, 9.17) is 16.3 Å². The third kappa shape index (κ3) is 7.61. The van der Waals surface area contributed by atoms with Crippen molar-refractivity contribution >= 4 is 54.6 Å². The number of benzene rings is 3. The van der Waals surface area contributed by atoms with Gasteiger partial charge in [-0.25, -0.2) is 16.8 Å². The van der Waals surface area contributed by atoms with Crippen molar-refractivity contribution in [1.82, 2.24) is 0 Å². The third-order valence-electron chi connectivity index (χ3n) is 5.05. The molecule has 36 heavy (non-hydrogen) atoms. The quantitative estimate of drug-likeness (QED) is 0.366. The van der Waals surface area contributed by atoms with E-state index in [0.717, 1.165) is 6.26 Å². The lowest BCUT2D eigenvalue weighted by atomic mass is 10.2. The highest BCUT2D eigenvalue weighted by molar-refractivity contribution is 7.92. The van der Waals surface area contributed by atoms with Gasteiger partial charge in [0.2, 0.25) is 15.9 Å². The van der Waals surface area contributed by atoms with E-state index in [9.17, 15) is 21.6 Å². The van der Waals surface area contributed by atoms with Crippen LogP contribution in [0.25, 0.3) is 0 Å². The summed E-state index contributed by atoms with van der Waals surface area (Å²) < 4.78 is 58.4. The fraction of sp³-hybridized carbons (Fsp3) is 0.208. The smallest absolute Gasteiger partial charge is 0.261 e. The Hall–Kier alpha value is -3.28. The number of rotatable bonds is 11. The number of amides is 1. The van der Waals surface area contributed by atoms with Crippen molar-refractivity contribution in [3.63, 3.8) is 0 Å². The van der Waals surface area contributed by atoms with Crippen LogP contribution < -0.4 is 19.1 Å². The first-order valence-electron chi connectivity index (χ1n) is 10.8. The molecule has 0 fully saturated rings. The average Bonchev–Trinajstić information content (AvgIpc) is 2.81. The Labute approximate surface area is 216 Å². The Morgan fingerprint density at radius 1 is 0.944 bits per heavy atom. The van der Waals surface area contributed by atoms with Gasteiger partial charge in [-0.1, -0.05) is 17.7 Å². The summed E-state index contributed by atoms with van der Waals surface area (Å²) in [5, 5.41) is 3.09. The molecule has 0 unspecified atom stereocenters. The first-order valence-corrected chi connectivity index (χ1v) is 14.5. The summed E-state index contributed by atoms with van der Waals surface area (Å²) >= 11 is 5.97. The van der Waals surface area contributed by atoms with Gasteiger partial charge in [0.25, 0.3) is 10.0 Å². The number of methoxy groups -OCH3 is 1. The van der Waals surface area contributed by atoms with Crippen molar-refractivity contribution in [2.24, 2.45) is 0 Å². The summed E-state index contributed by atoms with van der Waals surface area (Å²) in [5.41, 5.74) is 1.22. The molecule has 0 saturated heterocycles. The van der Waals surface area contributed by atoms with Crippen LogP contribution in [0.3, 0.4) is 0 Å². The lowest BCUT2D eigenvalue weighted by Crippen LogP contribution is -2.31. The molecule has 12 heteroatoms. The average molecular weight is 552 g/mol. The summed E-state index contributed by atoms with van der Waals surface area (Å²) in [6, 6.07) is 18.6. The minimum Gasteiger partial charge on any atom is -0.497 e. The zero-order valence-electron chi connectivity index (χ0n) is 19.6. The highest BCUT2D eigenvalue weighted by atomic mass is 35.5. The topological polar surface area (TPSA) is 122 Å². The molecule has 0 aromatic heterocycles. The fourth-order valence-electron chi connectivity index (χ4n) is 3.31. The second kappa shape index (κ2) is 11.6. The fourth-order valence-corrected chi connectivity index (χ4v) is 5.52. The summed E-state index contributed by atoms with van der Waals surface area (Å²) in [7, 11) is -5.86. The molecule has 0 heterocycles. The second-order valence-corrected chi connectivity index (χ2v) is 11.9. The van der Waals surface area contributed by atoms with Crippen molar-refractivity contribution in [1.29, 1.82) is 0 Å². The minimum atomic E-state index is -3.82. The van der Waals surface area contributed by atoms with Gasteiger partial charge in [0.15, 0.2) is 0 Å². The molecule has 0 bridgehead atoms. The van der Waals surface area contributed by atoms with E-state index >= 15 is 0 Å². The van der Waals surface area contributed by atoms with Gasteiger partial charge in [-0.05, 0) is 73.2 Å². The van der Waals surface area contributed by atoms with Crippen LogP contribution in [0, 0.1) is 0 Å². The van der Waals surface area contributed by atoms with E-state index in [2.05, 4.69) is 10.0 Å². The Bertz CT molecular complexity index is 1410. The molecule has 0 atom stereocenters. The van der Waals surface area contributed by atoms with E-state index in [-0.39, 0.29) is 30.2 Å². The molecule has 192 valence electrons. The van der Waals surface area contributed by atoms with E-state index < -0.39 is 20.0 Å². The molecular formula is C24H26ClN3O6S2. The summed E-state index contributed by atoms with van der Waals surface area (Å²) in [6.07, 6.45) is 1.42. The van der Waals surface area contributed by atoms with Crippen molar-refractivity contribution in [2.45, 2.75) is 17.7 Å². The van der Waals surface area contributed by atoms with Gasteiger partial charge >= 0.3 is 0 Å². The van der Waals surface area contributed by atoms with Gasteiger partial charge in [-0.15, -0.1) is 0 Å². The molecule has 0 radical (unpaired) electrons. The summed E-state index contributed by atoms with van der Waals surface area (Å²) in [5.74, 6) is 0.271. The second-order valence-electron chi connectivity index (χ2n) is 7.83. The number of halogens is 1. The van der Waals surface area contributed by atoms with E-state index in [1.54, 1.807) is 48.5 Å². The monoisotopic (exact) mass is 551 g/mol. The number of ether oxygens (including phenoxy) is 1. The molecule has 9 nitrogen and oxygen atoms in total. The largest absolute Gasteiger partial charge is 0.497 e. The van der Waals surface area contributed by atoms with E-state index in [1.807, 2.05) is 0 Å². The normalized spacial score (nSPS) is 11.5. The Morgan fingerprint density at radius 3 is 2.17 bits per heavy atom. The van der Waals surface area contributed by atoms with Crippen LogP contribution in [-0.4, -0.2) is 42.7 Å². The van der Waals surface area contributed by atoms with Crippen molar-refractivity contribution in [3.05, 3.63) is 77.8 Å².